The molecule has 2 fully saturated rings. The molecule has 0 aromatic heterocycles. The first-order valence-electron chi connectivity index (χ1n) is 14.5. The molecule has 12 heteroatoms. The molecule has 4 rings (SSSR count). The van der Waals surface area contributed by atoms with Crippen LogP contribution in [0.25, 0.3) is 0 Å². The summed E-state index contributed by atoms with van der Waals surface area (Å²) in [5, 5.41) is 20.4. The SMILES string of the molecule is CCCCN(CCCC)C(=O)CN1C[C@H](c2cc(CO)c3c(c2)OCO3)[C@@H](C(=O)O)[C@@H]1CCN1CCCS1(=O)=O. The molecule has 3 atom stereocenters. The van der Waals surface area contributed by atoms with Gasteiger partial charge in [-0.2, -0.15) is 0 Å². The van der Waals surface area contributed by atoms with Gasteiger partial charge >= 0.3 is 5.97 Å². The highest BCUT2D eigenvalue weighted by Crippen LogP contribution is 2.44. The van der Waals surface area contributed by atoms with Gasteiger partial charge in [-0.1, -0.05) is 26.7 Å². The number of aliphatic hydroxyl groups is 1. The molecule has 0 spiro atoms. The Morgan fingerprint density at radius 1 is 1.12 bits per heavy atom. The van der Waals surface area contributed by atoms with E-state index in [9.17, 15) is 28.2 Å². The summed E-state index contributed by atoms with van der Waals surface area (Å²) >= 11 is 0. The number of unbranched alkanes of at least 4 members (excludes halogenated alkanes) is 2. The maximum atomic E-state index is 13.6. The number of carboxylic acids is 1. The Balaban J connectivity index is 1.63. The molecule has 11 nitrogen and oxygen atoms in total. The standard InChI is InChI=1S/C28H43N3O8S/c1-3-5-9-29(10-6-4-2)25(33)17-30-16-22(20-14-21(18-32)27-24(15-20)38-19-39-27)26(28(34)35)23(30)8-12-31-11-7-13-40(31,36)37/h14-15,22-23,26,32H,3-13,16-19H2,1-2H3,(H,34,35)/t22-,23+,26-/m1/s1. The van der Waals surface area contributed by atoms with Gasteiger partial charge in [-0.25, -0.2) is 12.7 Å². The molecule has 3 aliphatic heterocycles. The number of amides is 1. The second-order valence-electron chi connectivity index (χ2n) is 11.0. The number of rotatable bonds is 14. The Morgan fingerprint density at radius 3 is 2.45 bits per heavy atom. The number of benzene rings is 1. The first kappa shape index (κ1) is 30.5. The van der Waals surface area contributed by atoms with Crippen LogP contribution in [0.4, 0.5) is 0 Å². The average Bonchev–Trinajstić information content (AvgIpc) is 3.63. The molecular weight excluding hydrogens is 538 g/mol. The van der Waals surface area contributed by atoms with Crippen LogP contribution < -0.4 is 9.47 Å². The van der Waals surface area contributed by atoms with Crippen LogP contribution >= 0.6 is 0 Å². The summed E-state index contributed by atoms with van der Waals surface area (Å²) in [5.74, 6) is -1.35. The maximum Gasteiger partial charge on any atom is 0.308 e. The number of hydrogen-bond acceptors (Lipinski definition) is 8. The number of carbonyl (C=O) groups is 2. The van der Waals surface area contributed by atoms with Crippen LogP contribution in [0, 0.1) is 5.92 Å². The highest BCUT2D eigenvalue weighted by molar-refractivity contribution is 7.89. The summed E-state index contributed by atoms with van der Waals surface area (Å²) < 4.78 is 37.5. The maximum absolute atomic E-state index is 13.6. The van der Waals surface area contributed by atoms with Crippen molar-refractivity contribution in [3.63, 3.8) is 0 Å². The van der Waals surface area contributed by atoms with Crippen LogP contribution in [-0.2, 0) is 26.2 Å². The van der Waals surface area contributed by atoms with E-state index in [0.29, 0.717) is 61.6 Å². The van der Waals surface area contributed by atoms with Crippen molar-refractivity contribution in [1.29, 1.82) is 0 Å². The van der Waals surface area contributed by atoms with Gasteiger partial charge in [0.15, 0.2) is 11.5 Å². The first-order valence-corrected chi connectivity index (χ1v) is 16.1. The van der Waals surface area contributed by atoms with Crippen molar-refractivity contribution in [3.8, 4) is 11.5 Å². The number of fused-ring (bicyclic) bond motifs is 1. The molecule has 3 aliphatic rings. The van der Waals surface area contributed by atoms with Gasteiger partial charge in [0.1, 0.15) is 0 Å². The van der Waals surface area contributed by atoms with E-state index in [4.69, 9.17) is 9.47 Å². The van der Waals surface area contributed by atoms with Crippen LogP contribution in [0.2, 0.25) is 0 Å². The molecule has 224 valence electrons. The molecule has 0 bridgehead atoms. The van der Waals surface area contributed by atoms with E-state index in [0.717, 1.165) is 25.7 Å². The fourth-order valence-corrected chi connectivity index (χ4v) is 7.72. The van der Waals surface area contributed by atoms with Crippen molar-refractivity contribution in [2.24, 2.45) is 5.92 Å². The zero-order valence-corrected chi connectivity index (χ0v) is 24.4. The molecule has 2 saturated heterocycles. The number of ether oxygens (including phenoxy) is 2. The lowest BCUT2D eigenvalue weighted by atomic mass is 9.83. The van der Waals surface area contributed by atoms with Crippen molar-refractivity contribution in [3.05, 3.63) is 23.3 Å². The zero-order chi connectivity index (χ0) is 28.9. The Kier molecular flexibility index (Phi) is 10.3. The molecule has 1 aromatic rings. The lowest BCUT2D eigenvalue weighted by molar-refractivity contribution is -0.143. The van der Waals surface area contributed by atoms with Crippen LogP contribution in [0.1, 0.15) is 69.4 Å². The minimum absolute atomic E-state index is 0.0255. The number of nitrogens with zero attached hydrogens (tertiary/aromatic N) is 3. The number of hydrogen-bond donors (Lipinski definition) is 2. The van der Waals surface area contributed by atoms with Crippen LogP contribution in [0.3, 0.4) is 0 Å². The number of aliphatic hydroxyl groups excluding tert-OH is 1. The Hall–Kier alpha value is -2.41. The summed E-state index contributed by atoms with van der Waals surface area (Å²) in [4.78, 5) is 30.2. The molecule has 3 heterocycles. The summed E-state index contributed by atoms with van der Waals surface area (Å²) in [6, 6.07) is 2.99. The zero-order valence-electron chi connectivity index (χ0n) is 23.6. The largest absolute Gasteiger partial charge is 0.481 e. The van der Waals surface area contributed by atoms with Crippen LogP contribution in [0.15, 0.2) is 12.1 Å². The Labute approximate surface area is 237 Å². The van der Waals surface area contributed by atoms with Crippen molar-refractivity contribution >= 4 is 21.9 Å². The molecule has 2 N–H and O–H groups in total. The highest BCUT2D eigenvalue weighted by Gasteiger charge is 2.48. The van der Waals surface area contributed by atoms with E-state index < -0.39 is 33.9 Å². The number of sulfonamides is 1. The third kappa shape index (κ3) is 6.72. The summed E-state index contributed by atoms with van der Waals surface area (Å²) in [7, 11) is -3.34. The molecule has 0 unspecified atom stereocenters. The fourth-order valence-electron chi connectivity index (χ4n) is 6.18. The van der Waals surface area contributed by atoms with Gasteiger partial charge < -0.3 is 24.6 Å². The average molecular weight is 582 g/mol. The number of carbonyl (C=O) groups excluding carboxylic acids is 1. The topological polar surface area (TPSA) is 137 Å². The minimum Gasteiger partial charge on any atom is -0.481 e. The second-order valence-corrected chi connectivity index (χ2v) is 13.1. The lowest BCUT2D eigenvalue weighted by Gasteiger charge is -2.30. The number of likely N-dealkylation sites (tertiary alicyclic amines) is 1. The third-order valence-corrected chi connectivity index (χ3v) is 10.3. The second kappa shape index (κ2) is 13.5. The molecule has 0 saturated carbocycles. The van der Waals surface area contributed by atoms with Crippen LogP contribution in [0.5, 0.6) is 11.5 Å². The van der Waals surface area contributed by atoms with Gasteiger partial charge in [-0.15, -0.1) is 0 Å². The lowest BCUT2D eigenvalue weighted by Crippen LogP contribution is -2.45. The number of aliphatic carboxylic acids is 1. The van der Waals surface area contributed by atoms with Gasteiger partial charge in [-0.05, 0) is 43.4 Å². The van der Waals surface area contributed by atoms with E-state index in [-0.39, 0.29) is 38.1 Å². The molecule has 1 aromatic carbocycles. The van der Waals surface area contributed by atoms with Gasteiger partial charge in [0, 0.05) is 50.2 Å². The molecule has 1 amide bonds. The predicted molar refractivity (Wildman–Crippen MR) is 149 cm³/mol. The fraction of sp³-hybridized carbons (Fsp3) is 0.714. The van der Waals surface area contributed by atoms with Crippen molar-refractivity contribution in [2.45, 2.75) is 70.9 Å². The van der Waals surface area contributed by atoms with Gasteiger partial charge in [0.25, 0.3) is 0 Å². The van der Waals surface area contributed by atoms with Crippen molar-refractivity contribution in [2.75, 3.05) is 51.8 Å². The third-order valence-electron chi connectivity index (χ3n) is 8.34. The van der Waals surface area contributed by atoms with E-state index in [2.05, 4.69) is 13.8 Å². The first-order chi connectivity index (χ1) is 19.2. The Morgan fingerprint density at radius 2 is 1.85 bits per heavy atom. The molecule has 0 radical (unpaired) electrons. The van der Waals surface area contributed by atoms with Gasteiger partial charge in [0.05, 0.1) is 24.8 Å². The van der Waals surface area contributed by atoms with E-state index in [1.807, 2.05) is 9.80 Å². The van der Waals surface area contributed by atoms with E-state index in [1.165, 1.54) is 4.31 Å². The van der Waals surface area contributed by atoms with Crippen LogP contribution in [-0.4, -0.2) is 102 Å². The summed E-state index contributed by atoms with van der Waals surface area (Å²) in [6.07, 6.45) is 4.59. The smallest absolute Gasteiger partial charge is 0.308 e. The predicted octanol–water partition coefficient (Wildman–Crippen LogP) is 2.23. The van der Waals surface area contributed by atoms with Crippen molar-refractivity contribution < 1.29 is 37.7 Å². The molecule has 0 aliphatic carbocycles. The molecule has 40 heavy (non-hydrogen) atoms. The highest BCUT2D eigenvalue weighted by atomic mass is 32.2. The Bertz CT molecular complexity index is 1150. The monoisotopic (exact) mass is 581 g/mol. The number of carboxylic acid groups (broad SMARTS) is 1. The van der Waals surface area contributed by atoms with Gasteiger partial charge in [-0.3, -0.25) is 14.5 Å². The van der Waals surface area contributed by atoms with E-state index in [1.54, 1.807) is 12.1 Å². The minimum atomic E-state index is -3.34. The van der Waals surface area contributed by atoms with E-state index >= 15 is 0 Å². The van der Waals surface area contributed by atoms with Gasteiger partial charge in [0.2, 0.25) is 22.7 Å². The normalized spacial score (nSPS) is 24.0. The molecular formula is C28H43N3O8S. The van der Waals surface area contributed by atoms with Crippen molar-refractivity contribution in [1.82, 2.24) is 14.1 Å². The summed E-state index contributed by atoms with van der Waals surface area (Å²) in [5.41, 5.74) is 1.22. The quantitative estimate of drug-likeness (QED) is 0.339. The summed E-state index contributed by atoms with van der Waals surface area (Å²) in [6.45, 7) is 6.26.